The second-order valence-electron chi connectivity index (χ2n) is 2.71. The van der Waals surface area contributed by atoms with Crippen molar-refractivity contribution in [3.8, 4) is 0 Å². The molecule has 0 unspecified atom stereocenters. The van der Waals surface area contributed by atoms with Crippen LogP contribution in [0.2, 0.25) is 0 Å². The average Bonchev–Trinajstić information content (AvgIpc) is 2.16. The van der Waals surface area contributed by atoms with Crippen LogP contribution in [0.3, 0.4) is 0 Å². The highest BCUT2D eigenvalue weighted by molar-refractivity contribution is 9.06. The van der Waals surface area contributed by atoms with Crippen molar-refractivity contribution in [2.24, 2.45) is 5.73 Å². The van der Waals surface area contributed by atoms with Gasteiger partial charge < -0.3 is 9.56 Å². The first-order valence-electron chi connectivity index (χ1n) is 3.83. The molecule has 1 aromatic rings. The zero-order chi connectivity index (χ0) is 10.6. The second-order valence-corrected chi connectivity index (χ2v) is 3.56. The van der Waals surface area contributed by atoms with Gasteiger partial charge in [-0.15, -0.1) is 0 Å². The number of rotatable bonds is 3. The minimum atomic E-state index is -0.435. The Balaban J connectivity index is 2.89. The first-order valence-corrected chi connectivity index (χ1v) is 4.89. The van der Waals surface area contributed by atoms with E-state index in [1.165, 1.54) is 0 Å². The SMILES string of the molecule is NC(=S)Cc1cccc(C(=O)OBr)c1. The summed E-state index contributed by atoms with van der Waals surface area (Å²) in [6.07, 6.45) is 0.485. The molecule has 1 rings (SSSR count). The van der Waals surface area contributed by atoms with E-state index in [4.69, 9.17) is 18.0 Å². The van der Waals surface area contributed by atoms with Crippen molar-refractivity contribution in [2.45, 2.75) is 6.42 Å². The molecule has 0 spiro atoms. The number of carbonyl (C=O) groups is 1. The molecule has 5 heteroatoms. The third-order valence-corrected chi connectivity index (χ3v) is 2.05. The summed E-state index contributed by atoms with van der Waals surface area (Å²) in [5, 5.41) is 0. The molecule has 2 N–H and O–H groups in total. The summed E-state index contributed by atoms with van der Waals surface area (Å²) in [5.41, 5.74) is 6.75. The van der Waals surface area contributed by atoms with E-state index in [0.29, 0.717) is 17.0 Å². The predicted octanol–water partition coefficient (Wildman–Crippen LogP) is 1.98. The summed E-state index contributed by atoms with van der Waals surface area (Å²) < 4.78 is 4.41. The van der Waals surface area contributed by atoms with E-state index < -0.39 is 5.97 Å². The van der Waals surface area contributed by atoms with Crippen LogP contribution < -0.4 is 5.73 Å². The standard InChI is InChI=1S/C9H8BrNO2S/c10-13-9(12)7-3-1-2-6(4-7)5-8(11)14/h1-4H,5H2,(H2,11,14). The maximum Gasteiger partial charge on any atom is 0.349 e. The molecule has 14 heavy (non-hydrogen) atoms. The summed E-state index contributed by atoms with van der Waals surface area (Å²) in [5.74, 6) is -0.435. The molecule has 0 amide bonds. The zero-order valence-corrected chi connectivity index (χ0v) is 9.60. The summed E-state index contributed by atoms with van der Waals surface area (Å²) in [4.78, 5) is 11.5. The van der Waals surface area contributed by atoms with Gasteiger partial charge in [0.25, 0.3) is 0 Å². The number of nitrogens with two attached hydrogens (primary N) is 1. The molecule has 1 aromatic carbocycles. The Kier molecular flexibility index (Phi) is 4.03. The fourth-order valence-corrected chi connectivity index (χ4v) is 1.41. The summed E-state index contributed by atoms with van der Waals surface area (Å²) in [7, 11) is 0. The van der Waals surface area contributed by atoms with Crippen LogP contribution in [0.5, 0.6) is 0 Å². The van der Waals surface area contributed by atoms with Crippen LogP contribution in [0.25, 0.3) is 0 Å². The van der Waals surface area contributed by atoms with Crippen molar-refractivity contribution in [3.05, 3.63) is 35.4 Å². The fraction of sp³-hybridized carbons (Fsp3) is 0.111. The highest BCUT2D eigenvalue weighted by Gasteiger charge is 2.06. The van der Waals surface area contributed by atoms with Crippen LogP contribution in [-0.4, -0.2) is 11.0 Å². The smallest absolute Gasteiger partial charge is 0.349 e. The summed E-state index contributed by atoms with van der Waals surface area (Å²) in [6, 6.07) is 6.96. The molecular formula is C9H8BrNO2S. The van der Waals surface area contributed by atoms with Crippen molar-refractivity contribution >= 4 is 39.4 Å². The molecule has 3 nitrogen and oxygen atoms in total. The Bertz CT molecular complexity index is 368. The number of hydrogen-bond acceptors (Lipinski definition) is 3. The Morgan fingerprint density at radius 2 is 2.29 bits per heavy atom. The van der Waals surface area contributed by atoms with Gasteiger partial charge in [0.05, 0.1) is 10.6 Å². The lowest BCUT2D eigenvalue weighted by Gasteiger charge is -2.01. The number of hydrogen-bond donors (Lipinski definition) is 1. The summed E-state index contributed by atoms with van der Waals surface area (Å²) >= 11 is 7.39. The second kappa shape index (κ2) is 5.07. The van der Waals surface area contributed by atoms with Gasteiger partial charge in [-0.05, 0) is 17.7 Å². The molecule has 0 bridgehead atoms. The summed E-state index contributed by atoms with van der Waals surface area (Å²) in [6.45, 7) is 0. The van der Waals surface area contributed by atoms with E-state index in [9.17, 15) is 4.79 Å². The van der Waals surface area contributed by atoms with Gasteiger partial charge in [0.2, 0.25) is 0 Å². The maximum atomic E-state index is 11.1. The molecule has 0 aliphatic heterocycles. The van der Waals surface area contributed by atoms with E-state index >= 15 is 0 Å². The third kappa shape index (κ3) is 3.08. The maximum absolute atomic E-state index is 11.1. The quantitative estimate of drug-likeness (QED) is 0.856. The van der Waals surface area contributed by atoms with Gasteiger partial charge in [-0.25, -0.2) is 4.79 Å². The molecule has 0 aromatic heterocycles. The Labute approximate surface area is 95.7 Å². The molecular weight excluding hydrogens is 266 g/mol. The van der Waals surface area contributed by atoms with Crippen LogP contribution in [-0.2, 0) is 10.2 Å². The van der Waals surface area contributed by atoms with Crippen LogP contribution in [0.15, 0.2) is 24.3 Å². The van der Waals surface area contributed by atoms with E-state index in [2.05, 4.69) is 20.1 Å². The van der Waals surface area contributed by atoms with Gasteiger partial charge in [0.1, 0.15) is 0 Å². The van der Waals surface area contributed by atoms with Crippen molar-refractivity contribution in [3.63, 3.8) is 0 Å². The minimum Gasteiger partial charge on any atom is -0.393 e. The average molecular weight is 274 g/mol. The molecule has 74 valence electrons. The van der Waals surface area contributed by atoms with Gasteiger partial charge >= 0.3 is 5.97 Å². The first-order chi connectivity index (χ1) is 6.63. The Morgan fingerprint density at radius 3 is 2.86 bits per heavy atom. The minimum absolute atomic E-state index is 0.398. The van der Waals surface area contributed by atoms with E-state index in [-0.39, 0.29) is 0 Å². The molecule has 0 heterocycles. The van der Waals surface area contributed by atoms with Crippen LogP contribution in [0.1, 0.15) is 15.9 Å². The normalized spacial score (nSPS) is 9.50. The third-order valence-electron chi connectivity index (χ3n) is 1.61. The van der Waals surface area contributed by atoms with Crippen molar-refractivity contribution in [2.75, 3.05) is 0 Å². The van der Waals surface area contributed by atoms with Gasteiger partial charge in [0, 0.05) is 6.42 Å². The monoisotopic (exact) mass is 273 g/mol. The van der Waals surface area contributed by atoms with Gasteiger partial charge in [-0.1, -0.05) is 24.4 Å². The molecule has 0 aliphatic rings. The Morgan fingerprint density at radius 1 is 1.57 bits per heavy atom. The van der Waals surface area contributed by atoms with Crippen LogP contribution >= 0.6 is 28.5 Å². The molecule has 0 fully saturated rings. The van der Waals surface area contributed by atoms with E-state index in [0.717, 1.165) is 5.56 Å². The topological polar surface area (TPSA) is 52.3 Å². The zero-order valence-electron chi connectivity index (χ0n) is 7.20. The number of halogens is 1. The van der Waals surface area contributed by atoms with Crippen LogP contribution in [0.4, 0.5) is 0 Å². The van der Waals surface area contributed by atoms with E-state index in [1.807, 2.05) is 6.07 Å². The van der Waals surface area contributed by atoms with Gasteiger partial charge in [0.15, 0.2) is 16.3 Å². The lowest BCUT2D eigenvalue weighted by Crippen LogP contribution is -2.11. The van der Waals surface area contributed by atoms with Crippen LogP contribution in [0, 0.1) is 0 Å². The van der Waals surface area contributed by atoms with Crippen molar-refractivity contribution in [1.29, 1.82) is 0 Å². The number of carbonyl (C=O) groups excluding carboxylic acids is 1. The van der Waals surface area contributed by atoms with Crippen molar-refractivity contribution in [1.82, 2.24) is 0 Å². The van der Waals surface area contributed by atoms with Crippen molar-refractivity contribution < 1.29 is 8.62 Å². The predicted molar refractivity (Wildman–Crippen MR) is 61.3 cm³/mol. The highest BCUT2D eigenvalue weighted by Crippen LogP contribution is 2.08. The largest absolute Gasteiger partial charge is 0.393 e. The molecule has 0 saturated carbocycles. The molecule has 0 atom stereocenters. The molecule has 0 radical (unpaired) electrons. The Hall–Kier alpha value is -0.940. The van der Waals surface area contributed by atoms with E-state index in [1.54, 1.807) is 18.2 Å². The highest BCUT2D eigenvalue weighted by atomic mass is 79.9. The molecule has 0 saturated heterocycles. The fourth-order valence-electron chi connectivity index (χ4n) is 1.05. The first kappa shape index (κ1) is 11.1. The van der Waals surface area contributed by atoms with Gasteiger partial charge in [-0.3, -0.25) is 0 Å². The lowest BCUT2D eigenvalue weighted by molar-refractivity contribution is 0.0782. The number of benzene rings is 1. The number of thiocarbonyl (C=S) groups is 1. The lowest BCUT2D eigenvalue weighted by atomic mass is 10.1. The van der Waals surface area contributed by atoms with Gasteiger partial charge in [-0.2, -0.15) is 0 Å². The molecule has 0 aliphatic carbocycles.